The third-order valence-corrected chi connectivity index (χ3v) is 4.33. The summed E-state index contributed by atoms with van der Waals surface area (Å²) in [6.45, 7) is 0. The molecule has 0 heterocycles. The molecule has 0 aliphatic heterocycles. The Bertz CT molecular complexity index is 614. The number of hydrogen-bond acceptors (Lipinski definition) is 4. The number of rotatable bonds is 5. The van der Waals surface area contributed by atoms with E-state index in [0.29, 0.717) is 4.90 Å². The molecule has 20 heavy (non-hydrogen) atoms. The van der Waals surface area contributed by atoms with Gasteiger partial charge in [-0.05, 0) is 17.7 Å². The molecule has 6 heteroatoms. The highest BCUT2D eigenvalue weighted by Gasteiger charge is 2.13. The molecule has 2 N–H and O–H groups in total. The molecule has 0 bridgehead atoms. The molecule has 0 aromatic heterocycles. The van der Waals surface area contributed by atoms with Gasteiger partial charge in [-0.25, -0.2) is 0 Å². The molecular weight excluding hydrogens is 276 g/mol. The van der Waals surface area contributed by atoms with Crippen molar-refractivity contribution in [2.24, 2.45) is 5.73 Å². The minimum absolute atomic E-state index is 0.0156. The Morgan fingerprint density at radius 2 is 1.70 bits per heavy atom. The normalized spacial score (nSPS) is 13.7. The summed E-state index contributed by atoms with van der Waals surface area (Å²) in [6.07, 6.45) is 0. The lowest BCUT2D eigenvalue weighted by Gasteiger charge is -2.11. The number of hydrogen-bond donors (Lipinski definition) is 1. The van der Waals surface area contributed by atoms with Crippen LogP contribution >= 0.6 is 0 Å². The highest BCUT2D eigenvalue weighted by molar-refractivity contribution is 7.85. The van der Waals surface area contributed by atoms with E-state index in [1.807, 2.05) is 30.3 Å². The van der Waals surface area contributed by atoms with Gasteiger partial charge in [0.2, 0.25) is 0 Å². The van der Waals surface area contributed by atoms with E-state index in [1.54, 1.807) is 0 Å². The molecule has 0 aliphatic carbocycles. The summed E-state index contributed by atoms with van der Waals surface area (Å²) in [7, 11) is -1.28. The maximum Gasteiger partial charge on any atom is 0.269 e. The van der Waals surface area contributed by atoms with Crippen LogP contribution in [0.2, 0.25) is 0 Å². The average molecular weight is 290 g/mol. The van der Waals surface area contributed by atoms with Crippen molar-refractivity contribution >= 4 is 16.5 Å². The van der Waals surface area contributed by atoms with Gasteiger partial charge >= 0.3 is 0 Å². The lowest BCUT2D eigenvalue weighted by Crippen LogP contribution is -2.18. The third-order valence-electron chi connectivity index (χ3n) is 2.87. The number of benzene rings is 2. The molecule has 0 saturated carbocycles. The molecular formula is C14H14N2O3S. The molecule has 0 saturated heterocycles. The van der Waals surface area contributed by atoms with Gasteiger partial charge in [0.05, 0.1) is 15.7 Å². The van der Waals surface area contributed by atoms with Gasteiger partial charge in [-0.1, -0.05) is 30.3 Å². The molecule has 5 nitrogen and oxygen atoms in total. The summed E-state index contributed by atoms with van der Waals surface area (Å²) in [6, 6.07) is 14.8. The second-order valence-corrected chi connectivity index (χ2v) is 5.78. The van der Waals surface area contributed by atoms with Gasteiger partial charge in [0.1, 0.15) is 0 Å². The van der Waals surface area contributed by atoms with Crippen molar-refractivity contribution in [1.82, 2.24) is 0 Å². The summed E-state index contributed by atoms with van der Waals surface area (Å²) in [5, 5.41) is 10.6. The van der Waals surface area contributed by atoms with Crippen LogP contribution in [-0.2, 0) is 10.8 Å². The van der Waals surface area contributed by atoms with Gasteiger partial charge in [0.25, 0.3) is 5.69 Å². The highest BCUT2D eigenvalue weighted by atomic mass is 32.2. The van der Waals surface area contributed by atoms with Crippen molar-refractivity contribution in [3.63, 3.8) is 0 Å². The van der Waals surface area contributed by atoms with Crippen molar-refractivity contribution < 1.29 is 9.13 Å². The van der Waals surface area contributed by atoms with Crippen LogP contribution in [0.5, 0.6) is 0 Å². The third kappa shape index (κ3) is 3.49. The molecule has 104 valence electrons. The Morgan fingerprint density at radius 1 is 1.10 bits per heavy atom. The van der Waals surface area contributed by atoms with Crippen molar-refractivity contribution in [3.8, 4) is 0 Å². The van der Waals surface area contributed by atoms with Crippen molar-refractivity contribution in [2.75, 3.05) is 5.75 Å². The fourth-order valence-electron chi connectivity index (χ4n) is 1.78. The molecule has 0 radical (unpaired) electrons. The molecule has 2 rings (SSSR count). The average Bonchev–Trinajstić information content (AvgIpc) is 2.48. The maximum absolute atomic E-state index is 12.2. The molecule has 0 spiro atoms. The number of nitro groups is 1. The summed E-state index contributed by atoms with van der Waals surface area (Å²) in [5.41, 5.74) is 6.91. The smallest absolute Gasteiger partial charge is 0.269 e. The SMILES string of the molecule is NC(CS(=O)c1ccc([N+](=O)[O-])cc1)c1ccccc1. The zero-order chi connectivity index (χ0) is 14.5. The predicted octanol–water partition coefficient (Wildman–Crippen LogP) is 2.40. The molecule has 2 unspecified atom stereocenters. The first-order valence-electron chi connectivity index (χ1n) is 6.01. The van der Waals surface area contributed by atoms with Crippen molar-refractivity contribution in [1.29, 1.82) is 0 Å². The van der Waals surface area contributed by atoms with Crippen molar-refractivity contribution in [2.45, 2.75) is 10.9 Å². The predicted molar refractivity (Wildman–Crippen MR) is 77.7 cm³/mol. The molecule has 2 aromatic carbocycles. The summed E-state index contributed by atoms with van der Waals surface area (Å²) >= 11 is 0. The molecule has 2 aromatic rings. The van der Waals surface area contributed by atoms with E-state index in [1.165, 1.54) is 24.3 Å². The van der Waals surface area contributed by atoms with Crippen LogP contribution in [0.15, 0.2) is 59.5 Å². The minimum atomic E-state index is -1.28. The Morgan fingerprint density at radius 3 is 2.25 bits per heavy atom. The van der Waals surface area contributed by atoms with Crippen LogP contribution in [0.3, 0.4) is 0 Å². The first kappa shape index (κ1) is 14.4. The zero-order valence-corrected chi connectivity index (χ0v) is 11.5. The fourth-order valence-corrected chi connectivity index (χ4v) is 2.93. The Kier molecular flexibility index (Phi) is 4.60. The highest BCUT2D eigenvalue weighted by Crippen LogP contribution is 2.18. The lowest BCUT2D eigenvalue weighted by molar-refractivity contribution is -0.384. The van der Waals surface area contributed by atoms with Crippen LogP contribution in [0.4, 0.5) is 5.69 Å². The van der Waals surface area contributed by atoms with Crippen LogP contribution in [0.25, 0.3) is 0 Å². The van der Waals surface area contributed by atoms with E-state index >= 15 is 0 Å². The van der Waals surface area contributed by atoms with Crippen LogP contribution in [-0.4, -0.2) is 14.9 Å². The fraction of sp³-hybridized carbons (Fsp3) is 0.143. The van der Waals surface area contributed by atoms with Gasteiger partial charge in [0, 0.05) is 28.8 Å². The van der Waals surface area contributed by atoms with Gasteiger partial charge in [-0.3, -0.25) is 14.3 Å². The number of non-ortho nitro benzene ring substituents is 1. The van der Waals surface area contributed by atoms with Crippen molar-refractivity contribution in [3.05, 3.63) is 70.3 Å². The first-order valence-corrected chi connectivity index (χ1v) is 7.33. The van der Waals surface area contributed by atoms with Gasteiger partial charge in [-0.15, -0.1) is 0 Å². The van der Waals surface area contributed by atoms with E-state index in [4.69, 9.17) is 5.73 Å². The Balaban J connectivity index is 2.06. The van der Waals surface area contributed by atoms with Gasteiger partial charge in [-0.2, -0.15) is 0 Å². The Labute approximate surface area is 119 Å². The largest absolute Gasteiger partial charge is 0.323 e. The van der Waals surface area contributed by atoms with E-state index in [0.717, 1.165) is 5.56 Å². The molecule has 0 aliphatic rings. The minimum Gasteiger partial charge on any atom is -0.323 e. The number of nitrogens with zero attached hydrogens (tertiary/aromatic N) is 1. The zero-order valence-electron chi connectivity index (χ0n) is 10.6. The summed E-state index contributed by atoms with van der Waals surface area (Å²) in [5.74, 6) is 0.280. The number of nitrogens with two attached hydrogens (primary N) is 1. The monoisotopic (exact) mass is 290 g/mol. The van der Waals surface area contributed by atoms with E-state index < -0.39 is 15.7 Å². The molecule has 2 atom stereocenters. The van der Waals surface area contributed by atoms with E-state index in [9.17, 15) is 14.3 Å². The quantitative estimate of drug-likeness (QED) is 0.676. The van der Waals surface area contributed by atoms with Gasteiger partial charge < -0.3 is 5.73 Å². The maximum atomic E-state index is 12.2. The Hall–Kier alpha value is -2.05. The van der Waals surface area contributed by atoms with E-state index in [2.05, 4.69) is 0 Å². The topological polar surface area (TPSA) is 86.2 Å². The van der Waals surface area contributed by atoms with Crippen LogP contribution in [0.1, 0.15) is 11.6 Å². The number of nitro benzene ring substituents is 1. The lowest BCUT2D eigenvalue weighted by atomic mass is 10.1. The van der Waals surface area contributed by atoms with Crippen LogP contribution in [0, 0.1) is 10.1 Å². The first-order chi connectivity index (χ1) is 9.58. The van der Waals surface area contributed by atoms with Crippen LogP contribution < -0.4 is 5.73 Å². The molecule has 0 amide bonds. The van der Waals surface area contributed by atoms with Gasteiger partial charge in [0.15, 0.2) is 0 Å². The second kappa shape index (κ2) is 6.40. The summed E-state index contributed by atoms with van der Waals surface area (Å²) in [4.78, 5) is 10.6. The standard InChI is InChI=1S/C14H14N2O3S/c15-14(11-4-2-1-3-5-11)10-20(19)13-8-6-12(7-9-13)16(17)18/h1-9,14H,10,15H2. The van der Waals surface area contributed by atoms with E-state index in [-0.39, 0.29) is 17.5 Å². The summed E-state index contributed by atoms with van der Waals surface area (Å²) < 4.78 is 12.2. The molecule has 0 fully saturated rings. The second-order valence-electron chi connectivity index (χ2n) is 4.28.